The quantitative estimate of drug-likeness (QED) is 0.145. The summed E-state index contributed by atoms with van der Waals surface area (Å²) in [5.74, 6) is 1.96. The molecule has 0 aliphatic carbocycles. The summed E-state index contributed by atoms with van der Waals surface area (Å²) >= 11 is 1.28. The van der Waals surface area contributed by atoms with Gasteiger partial charge in [-0.3, -0.25) is 14.4 Å². The fourth-order valence-electron chi connectivity index (χ4n) is 7.27. The number of nitriles is 1. The zero-order chi connectivity index (χ0) is 51.2. The van der Waals surface area contributed by atoms with Gasteiger partial charge in [-0.1, -0.05) is 25.2 Å². The lowest BCUT2D eigenvalue weighted by atomic mass is 9.93. The van der Waals surface area contributed by atoms with E-state index >= 15 is 0 Å². The van der Waals surface area contributed by atoms with Crippen molar-refractivity contribution in [2.45, 2.75) is 170 Å². The van der Waals surface area contributed by atoms with Crippen molar-refractivity contribution in [1.82, 2.24) is 35.4 Å². The standard InChI is InChI=1S/C18H23N7OS.C15H28N2O3.C12H21NO4.C3H9N/c1-12(2)23-17(26)7-13-3-5-25(6-4-13)16-8-15(21-11-22-16)24-18-20-10-14(9-19)27-18;1-11(2)16-13(18)10-12-6-8-17(9-7-12)14(19)20-15(3,4)5;1-12(2,3)17-11(16)13-6-4-9(5-7-13)8-10(14)15;1-3(2)4/h8,10-13H,3-7H2,1-2H3,(H,23,26)(H,20,21,22,24);11-12H,6-10H2,1-5H3,(H,16,18);9H,4-8H2,1-3H3,(H,14,15);3H,4H2,1-2H3. The summed E-state index contributed by atoms with van der Waals surface area (Å²) in [7, 11) is 0. The Kier molecular flexibility index (Phi) is 25.0. The number of carboxylic acids is 1. The number of rotatable bonds is 11. The van der Waals surface area contributed by atoms with Gasteiger partial charge < -0.3 is 51.0 Å². The van der Waals surface area contributed by atoms with E-state index in [0.717, 1.165) is 57.4 Å². The smallest absolute Gasteiger partial charge is 0.410 e. The first-order valence-corrected chi connectivity index (χ1v) is 24.7. The van der Waals surface area contributed by atoms with Gasteiger partial charge in [-0.15, -0.1) is 0 Å². The number of anilines is 3. The van der Waals surface area contributed by atoms with Crippen LogP contribution in [0.3, 0.4) is 0 Å². The van der Waals surface area contributed by atoms with E-state index in [-0.39, 0.29) is 48.4 Å². The molecule has 0 atom stereocenters. The number of piperidine rings is 3. The van der Waals surface area contributed by atoms with Gasteiger partial charge in [0.25, 0.3) is 0 Å². The highest BCUT2D eigenvalue weighted by molar-refractivity contribution is 7.16. The molecule has 0 saturated carbocycles. The minimum atomic E-state index is -0.763. The third-order valence-corrected chi connectivity index (χ3v) is 11.1. The molecule has 0 spiro atoms. The molecule has 68 heavy (non-hydrogen) atoms. The number of ether oxygens (including phenoxy) is 2. The summed E-state index contributed by atoms with van der Waals surface area (Å²) in [5, 5.41) is 27.2. The zero-order valence-corrected chi connectivity index (χ0v) is 43.5. The highest BCUT2D eigenvalue weighted by Gasteiger charge is 2.29. The van der Waals surface area contributed by atoms with Crippen LogP contribution >= 0.6 is 11.3 Å². The molecule has 3 aliphatic rings. The Morgan fingerprint density at radius 2 is 1.15 bits per heavy atom. The molecule has 2 aromatic rings. The summed E-state index contributed by atoms with van der Waals surface area (Å²) in [6, 6.07) is 4.66. The van der Waals surface area contributed by atoms with E-state index in [9.17, 15) is 24.0 Å². The number of nitrogens with two attached hydrogens (primary N) is 1. The van der Waals surface area contributed by atoms with Gasteiger partial charge in [-0.25, -0.2) is 24.5 Å². The fraction of sp³-hybridized carbons (Fsp3) is 0.729. The summed E-state index contributed by atoms with van der Waals surface area (Å²) in [6.45, 7) is 27.1. The number of hydrogen-bond donors (Lipinski definition) is 5. The maximum absolute atomic E-state index is 11.9. The third-order valence-electron chi connectivity index (χ3n) is 10.3. The number of aliphatic carboxylic acids is 1. The summed E-state index contributed by atoms with van der Waals surface area (Å²) < 4.78 is 10.6. The Labute approximate surface area is 408 Å². The van der Waals surface area contributed by atoms with E-state index in [1.165, 1.54) is 23.9 Å². The number of likely N-dealkylation sites (tertiary alicyclic amines) is 2. The SMILES string of the molecule is CC(C)(C)OC(=O)N1CCC(CC(=O)O)CC1.CC(C)N.CC(C)NC(=O)CC1CCN(C(=O)OC(C)(C)C)CC1.CC(C)NC(=O)CC1CCN(c2cc(Nc3ncc(C#N)s3)ncn2)CC1. The molecular formula is C48H81N11O8S. The highest BCUT2D eigenvalue weighted by atomic mass is 32.1. The number of carboxylic acid groups (broad SMARTS) is 1. The largest absolute Gasteiger partial charge is 0.481 e. The number of nitrogens with one attached hydrogen (secondary N) is 3. The van der Waals surface area contributed by atoms with Crippen LogP contribution in [0, 0.1) is 29.1 Å². The molecule has 0 unspecified atom stereocenters. The molecule has 3 aliphatic heterocycles. The van der Waals surface area contributed by atoms with Crippen LogP contribution in [0.1, 0.15) is 146 Å². The molecule has 0 radical (unpaired) electrons. The molecule has 0 aromatic carbocycles. The molecule has 19 nitrogen and oxygen atoms in total. The second kappa shape index (κ2) is 28.9. The Morgan fingerprint density at radius 3 is 1.51 bits per heavy atom. The highest BCUT2D eigenvalue weighted by Crippen LogP contribution is 2.28. The maximum atomic E-state index is 11.9. The fourth-order valence-corrected chi connectivity index (χ4v) is 7.89. The molecule has 0 bridgehead atoms. The Morgan fingerprint density at radius 1 is 0.735 bits per heavy atom. The molecule has 382 valence electrons. The van der Waals surface area contributed by atoms with Crippen molar-refractivity contribution in [3.63, 3.8) is 0 Å². The summed E-state index contributed by atoms with van der Waals surface area (Å²) in [5.41, 5.74) is 4.18. The molecular weight excluding hydrogens is 891 g/mol. The van der Waals surface area contributed by atoms with Crippen LogP contribution < -0.4 is 26.6 Å². The van der Waals surface area contributed by atoms with Crippen LogP contribution in [-0.4, -0.2) is 128 Å². The normalized spacial score (nSPS) is 16.0. The van der Waals surface area contributed by atoms with Crippen LogP contribution in [0.15, 0.2) is 18.6 Å². The van der Waals surface area contributed by atoms with Gasteiger partial charge in [-0.05, 0) is 132 Å². The monoisotopic (exact) mass is 972 g/mol. The first kappa shape index (κ1) is 58.8. The van der Waals surface area contributed by atoms with E-state index < -0.39 is 17.2 Å². The molecule has 2 aromatic heterocycles. The lowest BCUT2D eigenvalue weighted by molar-refractivity contribution is -0.138. The van der Waals surface area contributed by atoms with Crippen molar-refractivity contribution in [2.24, 2.45) is 23.5 Å². The molecule has 20 heteroatoms. The van der Waals surface area contributed by atoms with Crippen molar-refractivity contribution in [3.8, 4) is 6.07 Å². The minimum absolute atomic E-state index is 0.107. The Balaban J connectivity index is 0.000000346. The minimum Gasteiger partial charge on any atom is -0.481 e. The van der Waals surface area contributed by atoms with Gasteiger partial charge in [0.15, 0.2) is 5.13 Å². The second-order valence-electron chi connectivity index (χ2n) is 20.5. The number of amides is 4. The van der Waals surface area contributed by atoms with Crippen molar-refractivity contribution in [2.75, 3.05) is 49.5 Å². The van der Waals surface area contributed by atoms with Gasteiger partial charge in [0.1, 0.15) is 40.1 Å². The average molecular weight is 972 g/mol. The van der Waals surface area contributed by atoms with Gasteiger partial charge in [0.2, 0.25) is 11.8 Å². The lowest BCUT2D eigenvalue weighted by Gasteiger charge is -2.33. The van der Waals surface area contributed by atoms with Gasteiger partial charge in [0.05, 0.1) is 6.20 Å². The topological polar surface area (TPSA) is 258 Å². The van der Waals surface area contributed by atoms with E-state index in [1.54, 1.807) is 9.80 Å². The Bertz CT molecular complexity index is 1900. The first-order valence-electron chi connectivity index (χ1n) is 23.9. The van der Waals surface area contributed by atoms with Gasteiger partial charge in [0, 0.05) is 76.7 Å². The van der Waals surface area contributed by atoms with Crippen LogP contribution in [0.5, 0.6) is 0 Å². The number of thiazole rings is 1. The van der Waals surface area contributed by atoms with E-state index in [0.29, 0.717) is 72.7 Å². The van der Waals surface area contributed by atoms with E-state index in [1.807, 2.05) is 89.2 Å². The van der Waals surface area contributed by atoms with Crippen LogP contribution in [0.2, 0.25) is 0 Å². The van der Waals surface area contributed by atoms with E-state index in [2.05, 4.69) is 41.9 Å². The molecule has 6 N–H and O–H groups in total. The maximum Gasteiger partial charge on any atom is 0.410 e. The molecule has 3 fully saturated rings. The molecule has 5 rings (SSSR count). The van der Waals surface area contributed by atoms with Crippen molar-refractivity contribution in [1.29, 1.82) is 5.26 Å². The second-order valence-corrected chi connectivity index (χ2v) is 21.5. The first-order chi connectivity index (χ1) is 31.7. The van der Waals surface area contributed by atoms with Gasteiger partial charge in [-0.2, -0.15) is 5.26 Å². The predicted molar refractivity (Wildman–Crippen MR) is 266 cm³/mol. The predicted octanol–water partition coefficient (Wildman–Crippen LogP) is 7.69. The van der Waals surface area contributed by atoms with Crippen molar-refractivity contribution < 1.29 is 38.6 Å². The van der Waals surface area contributed by atoms with Crippen molar-refractivity contribution in [3.05, 3.63) is 23.5 Å². The van der Waals surface area contributed by atoms with E-state index in [4.69, 9.17) is 25.6 Å². The zero-order valence-electron chi connectivity index (χ0n) is 42.7. The summed E-state index contributed by atoms with van der Waals surface area (Å²) in [4.78, 5) is 76.8. The van der Waals surface area contributed by atoms with Crippen LogP contribution in [-0.2, 0) is 23.9 Å². The van der Waals surface area contributed by atoms with Crippen LogP contribution in [0.4, 0.5) is 26.4 Å². The average Bonchev–Trinajstić information content (AvgIpc) is 3.67. The number of hydrogen-bond acceptors (Lipinski definition) is 15. The number of aromatic nitrogens is 3. The Hall–Kier alpha value is -5.29. The lowest BCUT2D eigenvalue weighted by Crippen LogP contribution is -2.42. The number of nitrogens with zero attached hydrogens (tertiary/aromatic N) is 7. The number of carbonyl (C=O) groups is 5. The molecule has 4 amide bonds. The third kappa shape index (κ3) is 25.7. The summed E-state index contributed by atoms with van der Waals surface area (Å²) in [6.07, 6.45) is 9.01. The molecule has 3 saturated heterocycles. The van der Waals surface area contributed by atoms with Crippen molar-refractivity contribution >= 4 is 58.1 Å². The van der Waals surface area contributed by atoms with Gasteiger partial charge >= 0.3 is 18.2 Å². The van der Waals surface area contributed by atoms with Crippen LogP contribution in [0.25, 0.3) is 0 Å². The molecule has 5 heterocycles. The number of carbonyl (C=O) groups excluding carboxylic acids is 4.